The lowest BCUT2D eigenvalue weighted by Gasteiger charge is -2.21. The summed E-state index contributed by atoms with van der Waals surface area (Å²) < 4.78 is 0. The van der Waals surface area contributed by atoms with Gasteiger partial charge in [0, 0.05) is 11.0 Å². The highest BCUT2D eigenvalue weighted by atomic mass is 35.5. The Morgan fingerprint density at radius 3 is 2.55 bits per heavy atom. The number of nitrogens with one attached hydrogen (secondary N) is 1. The summed E-state index contributed by atoms with van der Waals surface area (Å²) in [6, 6.07) is 2.31. The molecule has 0 saturated carbocycles. The molecule has 0 aromatic carbocycles. The SMILES string of the molecule is Cc1c(Cl)nc(C(C)(C)C)nc1NC(C)c1ccsc1. The van der Waals surface area contributed by atoms with E-state index in [1.807, 2.05) is 6.92 Å². The van der Waals surface area contributed by atoms with E-state index in [2.05, 4.69) is 59.8 Å². The summed E-state index contributed by atoms with van der Waals surface area (Å²) in [5, 5.41) is 8.17. The molecule has 0 spiro atoms. The Hall–Kier alpha value is -1.13. The minimum atomic E-state index is -0.126. The lowest BCUT2D eigenvalue weighted by Crippen LogP contribution is -2.19. The first-order valence-corrected chi connectivity index (χ1v) is 7.94. The summed E-state index contributed by atoms with van der Waals surface area (Å²) in [7, 11) is 0. The van der Waals surface area contributed by atoms with Crippen molar-refractivity contribution in [2.75, 3.05) is 5.32 Å². The Morgan fingerprint density at radius 1 is 1.30 bits per heavy atom. The molecule has 2 aromatic heterocycles. The average molecular weight is 310 g/mol. The lowest BCUT2D eigenvalue weighted by atomic mass is 9.95. The van der Waals surface area contributed by atoms with Crippen LogP contribution in [-0.4, -0.2) is 9.97 Å². The zero-order valence-corrected chi connectivity index (χ0v) is 14.1. The van der Waals surface area contributed by atoms with E-state index in [1.165, 1.54) is 5.56 Å². The van der Waals surface area contributed by atoms with Gasteiger partial charge in [-0.25, -0.2) is 9.97 Å². The van der Waals surface area contributed by atoms with Crippen molar-refractivity contribution < 1.29 is 0 Å². The van der Waals surface area contributed by atoms with Gasteiger partial charge in [0.05, 0.1) is 6.04 Å². The van der Waals surface area contributed by atoms with Crippen LogP contribution in [0.3, 0.4) is 0 Å². The highest BCUT2D eigenvalue weighted by Crippen LogP contribution is 2.28. The highest BCUT2D eigenvalue weighted by Gasteiger charge is 2.21. The van der Waals surface area contributed by atoms with Crippen molar-refractivity contribution in [3.05, 3.63) is 38.9 Å². The first-order chi connectivity index (χ1) is 9.29. The summed E-state index contributed by atoms with van der Waals surface area (Å²) in [6.07, 6.45) is 0. The molecular formula is C15H20ClN3S. The molecule has 108 valence electrons. The largest absolute Gasteiger partial charge is 0.363 e. The number of halogens is 1. The number of thiophene rings is 1. The van der Waals surface area contributed by atoms with Gasteiger partial charge in [-0.3, -0.25) is 0 Å². The van der Waals surface area contributed by atoms with E-state index < -0.39 is 0 Å². The summed E-state index contributed by atoms with van der Waals surface area (Å²) in [5.74, 6) is 1.57. The maximum Gasteiger partial charge on any atom is 0.137 e. The molecule has 2 heterocycles. The molecule has 2 aromatic rings. The molecule has 0 radical (unpaired) electrons. The molecule has 0 aliphatic carbocycles. The second-order valence-electron chi connectivity index (χ2n) is 5.98. The van der Waals surface area contributed by atoms with Crippen LogP contribution in [0.1, 0.15) is 50.7 Å². The van der Waals surface area contributed by atoms with Gasteiger partial charge in [-0.2, -0.15) is 11.3 Å². The maximum atomic E-state index is 6.24. The van der Waals surface area contributed by atoms with Crippen LogP contribution in [0.25, 0.3) is 0 Å². The van der Waals surface area contributed by atoms with Gasteiger partial charge in [0.15, 0.2) is 0 Å². The zero-order valence-electron chi connectivity index (χ0n) is 12.5. The van der Waals surface area contributed by atoms with Crippen molar-refractivity contribution in [1.82, 2.24) is 9.97 Å². The minimum absolute atomic E-state index is 0.126. The van der Waals surface area contributed by atoms with Crippen LogP contribution in [0, 0.1) is 6.92 Å². The van der Waals surface area contributed by atoms with E-state index in [0.717, 1.165) is 17.2 Å². The monoisotopic (exact) mass is 309 g/mol. The van der Waals surface area contributed by atoms with Crippen LogP contribution in [0.15, 0.2) is 16.8 Å². The van der Waals surface area contributed by atoms with Gasteiger partial charge in [0.1, 0.15) is 16.8 Å². The Morgan fingerprint density at radius 2 is 2.00 bits per heavy atom. The molecule has 1 N–H and O–H groups in total. The van der Waals surface area contributed by atoms with Crippen molar-refractivity contribution in [2.45, 2.75) is 46.1 Å². The molecule has 0 aliphatic heterocycles. The molecule has 0 amide bonds. The fraction of sp³-hybridized carbons (Fsp3) is 0.467. The Labute approximate surface area is 129 Å². The molecule has 0 aliphatic rings. The standard InChI is InChI=1S/C15H20ClN3S/c1-9-12(16)18-14(15(3,4)5)19-13(9)17-10(2)11-6-7-20-8-11/h6-8,10H,1-5H3,(H,17,18,19). The van der Waals surface area contributed by atoms with Gasteiger partial charge in [-0.15, -0.1) is 0 Å². The molecular weight excluding hydrogens is 290 g/mol. The zero-order chi connectivity index (χ0) is 14.9. The predicted molar refractivity (Wildman–Crippen MR) is 86.8 cm³/mol. The molecule has 0 saturated heterocycles. The second-order valence-corrected chi connectivity index (χ2v) is 7.12. The van der Waals surface area contributed by atoms with Crippen LogP contribution in [0.5, 0.6) is 0 Å². The number of hydrogen-bond acceptors (Lipinski definition) is 4. The predicted octanol–water partition coefficient (Wildman–Crippen LogP) is 4.97. The van der Waals surface area contributed by atoms with Crippen molar-refractivity contribution in [3.63, 3.8) is 0 Å². The number of nitrogens with zero attached hydrogens (tertiary/aromatic N) is 2. The van der Waals surface area contributed by atoms with Crippen molar-refractivity contribution >= 4 is 28.8 Å². The van der Waals surface area contributed by atoms with E-state index in [0.29, 0.717) is 5.15 Å². The molecule has 3 nitrogen and oxygen atoms in total. The van der Waals surface area contributed by atoms with E-state index in [1.54, 1.807) is 11.3 Å². The van der Waals surface area contributed by atoms with Gasteiger partial charge in [-0.1, -0.05) is 32.4 Å². The molecule has 0 bridgehead atoms. The fourth-order valence-electron chi connectivity index (χ4n) is 1.78. The number of anilines is 1. The summed E-state index contributed by atoms with van der Waals surface area (Å²) in [4.78, 5) is 9.04. The summed E-state index contributed by atoms with van der Waals surface area (Å²) >= 11 is 7.94. The third kappa shape index (κ3) is 3.30. The first kappa shape index (κ1) is 15.3. The summed E-state index contributed by atoms with van der Waals surface area (Å²) in [5.41, 5.74) is 2.02. The molecule has 5 heteroatoms. The van der Waals surface area contributed by atoms with Crippen LogP contribution in [0.4, 0.5) is 5.82 Å². The van der Waals surface area contributed by atoms with Gasteiger partial charge >= 0.3 is 0 Å². The third-order valence-corrected chi connectivity index (χ3v) is 4.22. The minimum Gasteiger partial charge on any atom is -0.363 e. The van der Waals surface area contributed by atoms with Crippen LogP contribution < -0.4 is 5.32 Å². The van der Waals surface area contributed by atoms with Gasteiger partial charge in [-0.05, 0) is 36.2 Å². The molecule has 0 fully saturated rings. The van der Waals surface area contributed by atoms with Crippen LogP contribution in [0.2, 0.25) is 5.15 Å². The first-order valence-electron chi connectivity index (χ1n) is 6.62. The average Bonchev–Trinajstić information content (AvgIpc) is 2.87. The number of rotatable bonds is 3. The van der Waals surface area contributed by atoms with E-state index in [4.69, 9.17) is 11.6 Å². The maximum absolute atomic E-state index is 6.24. The van der Waals surface area contributed by atoms with Crippen molar-refractivity contribution in [2.24, 2.45) is 0 Å². The fourth-order valence-corrected chi connectivity index (χ4v) is 2.70. The molecule has 1 unspecified atom stereocenters. The Balaban J connectivity index is 2.34. The third-order valence-electron chi connectivity index (χ3n) is 3.15. The lowest BCUT2D eigenvalue weighted by molar-refractivity contribution is 0.545. The summed E-state index contributed by atoms with van der Waals surface area (Å²) in [6.45, 7) is 10.3. The van der Waals surface area contributed by atoms with E-state index in [-0.39, 0.29) is 11.5 Å². The van der Waals surface area contributed by atoms with Gasteiger partial charge in [0.25, 0.3) is 0 Å². The number of hydrogen-bond donors (Lipinski definition) is 1. The van der Waals surface area contributed by atoms with Crippen molar-refractivity contribution in [3.8, 4) is 0 Å². The molecule has 2 rings (SSSR count). The topological polar surface area (TPSA) is 37.8 Å². The Bertz CT molecular complexity index is 588. The molecule has 1 atom stereocenters. The second kappa shape index (κ2) is 5.70. The van der Waals surface area contributed by atoms with E-state index >= 15 is 0 Å². The molecule has 20 heavy (non-hydrogen) atoms. The highest BCUT2D eigenvalue weighted by molar-refractivity contribution is 7.07. The normalized spacial score (nSPS) is 13.3. The van der Waals surface area contributed by atoms with Crippen LogP contribution in [-0.2, 0) is 5.41 Å². The van der Waals surface area contributed by atoms with E-state index in [9.17, 15) is 0 Å². The Kier molecular flexibility index (Phi) is 4.35. The number of aromatic nitrogens is 2. The van der Waals surface area contributed by atoms with Gasteiger partial charge < -0.3 is 5.32 Å². The van der Waals surface area contributed by atoms with Crippen molar-refractivity contribution in [1.29, 1.82) is 0 Å². The quantitative estimate of drug-likeness (QED) is 0.813. The van der Waals surface area contributed by atoms with Crippen LogP contribution >= 0.6 is 22.9 Å². The smallest absolute Gasteiger partial charge is 0.137 e. The van der Waals surface area contributed by atoms with Gasteiger partial charge in [0.2, 0.25) is 0 Å².